The van der Waals surface area contributed by atoms with E-state index in [1.165, 1.54) is 5.56 Å². The molecule has 3 rings (SSSR count). The van der Waals surface area contributed by atoms with Crippen LogP contribution >= 0.6 is 0 Å². The van der Waals surface area contributed by atoms with E-state index in [1.807, 2.05) is 29.2 Å². The van der Waals surface area contributed by atoms with Gasteiger partial charge >= 0.3 is 0 Å². The van der Waals surface area contributed by atoms with Gasteiger partial charge in [0.2, 0.25) is 5.91 Å². The summed E-state index contributed by atoms with van der Waals surface area (Å²) in [6, 6.07) is 16.2. The van der Waals surface area contributed by atoms with Gasteiger partial charge in [0.15, 0.2) is 0 Å². The van der Waals surface area contributed by atoms with Crippen molar-refractivity contribution >= 4 is 23.0 Å². The summed E-state index contributed by atoms with van der Waals surface area (Å²) in [5.74, 6) is 0.0189. The van der Waals surface area contributed by atoms with Crippen molar-refractivity contribution in [2.24, 2.45) is 0 Å². The Morgan fingerprint density at radius 3 is 2.67 bits per heavy atom. The molecule has 1 heterocycles. The Balaban J connectivity index is 1.88. The first-order valence-corrected chi connectivity index (χ1v) is 7.24. The molecule has 108 valence electrons. The third-order valence-electron chi connectivity index (χ3n) is 3.60. The van der Waals surface area contributed by atoms with Crippen LogP contribution in [0.15, 0.2) is 48.5 Å². The number of para-hydroxylation sites is 2. The van der Waals surface area contributed by atoms with Crippen molar-refractivity contribution in [2.75, 3.05) is 23.3 Å². The standard InChI is InChI=1S/C17H19N3O/c1-2-18-11-13-7-9-14(10-8-13)20-12-17(21)19-15-5-3-4-6-16(15)20/h3-10,18H,2,11-12H2,1H3,(H,19,21). The quantitative estimate of drug-likeness (QED) is 0.905. The van der Waals surface area contributed by atoms with Crippen LogP contribution in [0.4, 0.5) is 17.1 Å². The molecule has 1 aliphatic heterocycles. The lowest BCUT2D eigenvalue weighted by atomic mass is 10.1. The van der Waals surface area contributed by atoms with E-state index in [0.717, 1.165) is 30.2 Å². The highest BCUT2D eigenvalue weighted by Crippen LogP contribution is 2.34. The van der Waals surface area contributed by atoms with Crippen LogP contribution in [0.2, 0.25) is 0 Å². The van der Waals surface area contributed by atoms with Crippen LogP contribution in [0.1, 0.15) is 12.5 Å². The number of amides is 1. The number of carbonyl (C=O) groups excluding carboxylic acids is 1. The minimum atomic E-state index is 0.0189. The van der Waals surface area contributed by atoms with Gasteiger partial charge in [-0.3, -0.25) is 4.79 Å². The zero-order valence-electron chi connectivity index (χ0n) is 12.1. The fourth-order valence-electron chi connectivity index (χ4n) is 2.53. The van der Waals surface area contributed by atoms with E-state index in [2.05, 4.69) is 41.8 Å². The largest absolute Gasteiger partial charge is 0.330 e. The van der Waals surface area contributed by atoms with Gasteiger partial charge in [-0.2, -0.15) is 0 Å². The minimum Gasteiger partial charge on any atom is -0.330 e. The van der Waals surface area contributed by atoms with Gasteiger partial charge in [0, 0.05) is 12.2 Å². The summed E-state index contributed by atoms with van der Waals surface area (Å²) in [5.41, 5.74) is 4.19. The average molecular weight is 281 g/mol. The van der Waals surface area contributed by atoms with E-state index < -0.39 is 0 Å². The minimum absolute atomic E-state index is 0.0189. The van der Waals surface area contributed by atoms with Crippen LogP contribution in [0, 0.1) is 0 Å². The molecule has 0 saturated carbocycles. The molecule has 2 aromatic rings. The van der Waals surface area contributed by atoms with Crippen molar-refractivity contribution in [1.29, 1.82) is 0 Å². The average Bonchev–Trinajstić information content (AvgIpc) is 2.52. The summed E-state index contributed by atoms with van der Waals surface area (Å²) >= 11 is 0. The lowest BCUT2D eigenvalue weighted by molar-refractivity contribution is -0.115. The molecule has 21 heavy (non-hydrogen) atoms. The number of fused-ring (bicyclic) bond motifs is 1. The SMILES string of the molecule is CCNCc1ccc(N2CC(=O)Nc3ccccc32)cc1. The zero-order chi connectivity index (χ0) is 14.7. The molecule has 2 N–H and O–H groups in total. The Morgan fingerprint density at radius 1 is 1.14 bits per heavy atom. The summed E-state index contributed by atoms with van der Waals surface area (Å²) < 4.78 is 0. The molecular formula is C17H19N3O. The fourth-order valence-corrected chi connectivity index (χ4v) is 2.53. The number of nitrogens with zero attached hydrogens (tertiary/aromatic N) is 1. The van der Waals surface area contributed by atoms with Crippen LogP contribution in [0.25, 0.3) is 0 Å². The number of hydrogen-bond donors (Lipinski definition) is 2. The maximum atomic E-state index is 11.9. The number of rotatable bonds is 4. The van der Waals surface area contributed by atoms with Crippen LogP contribution in [0.3, 0.4) is 0 Å². The van der Waals surface area contributed by atoms with Crippen molar-refractivity contribution in [3.05, 3.63) is 54.1 Å². The molecule has 4 nitrogen and oxygen atoms in total. The van der Waals surface area contributed by atoms with Crippen molar-refractivity contribution in [1.82, 2.24) is 5.32 Å². The number of nitrogens with one attached hydrogen (secondary N) is 2. The lowest BCUT2D eigenvalue weighted by Crippen LogP contribution is -2.34. The molecule has 0 fully saturated rings. The van der Waals surface area contributed by atoms with E-state index in [-0.39, 0.29) is 5.91 Å². The van der Waals surface area contributed by atoms with Crippen LogP contribution in [-0.2, 0) is 11.3 Å². The highest BCUT2D eigenvalue weighted by atomic mass is 16.2. The Bertz CT molecular complexity index is 637. The molecular weight excluding hydrogens is 262 g/mol. The van der Waals surface area contributed by atoms with E-state index in [9.17, 15) is 4.79 Å². The van der Waals surface area contributed by atoms with E-state index in [4.69, 9.17) is 0 Å². The molecule has 2 aromatic carbocycles. The van der Waals surface area contributed by atoms with Gasteiger partial charge in [0.25, 0.3) is 0 Å². The maximum Gasteiger partial charge on any atom is 0.244 e. The predicted molar refractivity (Wildman–Crippen MR) is 85.9 cm³/mol. The van der Waals surface area contributed by atoms with Crippen molar-refractivity contribution in [3.63, 3.8) is 0 Å². The van der Waals surface area contributed by atoms with Crippen molar-refractivity contribution in [3.8, 4) is 0 Å². The highest BCUT2D eigenvalue weighted by molar-refractivity contribution is 6.03. The highest BCUT2D eigenvalue weighted by Gasteiger charge is 2.22. The van der Waals surface area contributed by atoms with Gasteiger partial charge in [-0.25, -0.2) is 0 Å². The number of benzene rings is 2. The molecule has 0 aliphatic carbocycles. The maximum absolute atomic E-state index is 11.9. The second-order valence-corrected chi connectivity index (χ2v) is 5.10. The third kappa shape index (κ3) is 2.90. The van der Waals surface area contributed by atoms with Gasteiger partial charge in [-0.05, 0) is 36.4 Å². The molecule has 0 aromatic heterocycles. The summed E-state index contributed by atoms with van der Waals surface area (Å²) in [5, 5.41) is 6.22. The second kappa shape index (κ2) is 5.97. The Hall–Kier alpha value is -2.33. The smallest absolute Gasteiger partial charge is 0.244 e. The Labute approximate surface area is 124 Å². The molecule has 1 aliphatic rings. The molecule has 0 unspecified atom stereocenters. The van der Waals surface area contributed by atoms with Crippen LogP contribution in [0.5, 0.6) is 0 Å². The summed E-state index contributed by atoms with van der Waals surface area (Å²) in [6.07, 6.45) is 0. The van der Waals surface area contributed by atoms with Gasteiger partial charge < -0.3 is 15.5 Å². The first-order chi connectivity index (χ1) is 10.3. The molecule has 0 radical (unpaired) electrons. The molecule has 0 atom stereocenters. The summed E-state index contributed by atoms with van der Waals surface area (Å²) in [6.45, 7) is 4.27. The number of hydrogen-bond acceptors (Lipinski definition) is 3. The molecule has 1 amide bonds. The normalized spacial score (nSPS) is 13.8. The van der Waals surface area contributed by atoms with Gasteiger partial charge in [0.05, 0.1) is 11.4 Å². The second-order valence-electron chi connectivity index (χ2n) is 5.10. The van der Waals surface area contributed by atoms with E-state index >= 15 is 0 Å². The first-order valence-electron chi connectivity index (χ1n) is 7.24. The van der Waals surface area contributed by atoms with E-state index in [1.54, 1.807) is 0 Å². The predicted octanol–water partition coefficient (Wildman–Crippen LogP) is 2.89. The molecule has 4 heteroatoms. The van der Waals surface area contributed by atoms with Crippen LogP contribution < -0.4 is 15.5 Å². The van der Waals surface area contributed by atoms with Gasteiger partial charge in [-0.1, -0.05) is 31.2 Å². The topological polar surface area (TPSA) is 44.4 Å². The zero-order valence-corrected chi connectivity index (χ0v) is 12.1. The fraction of sp³-hybridized carbons (Fsp3) is 0.235. The number of carbonyl (C=O) groups is 1. The summed E-state index contributed by atoms with van der Waals surface area (Å²) in [4.78, 5) is 13.9. The summed E-state index contributed by atoms with van der Waals surface area (Å²) in [7, 11) is 0. The Morgan fingerprint density at radius 2 is 1.90 bits per heavy atom. The van der Waals surface area contributed by atoms with Crippen LogP contribution in [-0.4, -0.2) is 19.0 Å². The number of anilines is 3. The van der Waals surface area contributed by atoms with Crippen molar-refractivity contribution < 1.29 is 4.79 Å². The van der Waals surface area contributed by atoms with Crippen molar-refractivity contribution in [2.45, 2.75) is 13.5 Å². The first kappa shape index (κ1) is 13.6. The van der Waals surface area contributed by atoms with Gasteiger partial charge in [0.1, 0.15) is 6.54 Å². The van der Waals surface area contributed by atoms with E-state index in [0.29, 0.717) is 6.54 Å². The molecule has 0 saturated heterocycles. The lowest BCUT2D eigenvalue weighted by Gasteiger charge is -2.31. The van der Waals surface area contributed by atoms with Gasteiger partial charge in [-0.15, -0.1) is 0 Å². The molecule has 0 bridgehead atoms. The molecule has 0 spiro atoms. The third-order valence-corrected chi connectivity index (χ3v) is 3.60. The monoisotopic (exact) mass is 281 g/mol. The Kier molecular flexibility index (Phi) is 3.88.